The lowest BCUT2D eigenvalue weighted by atomic mass is 10.5. The van der Waals surface area contributed by atoms with E-state index in [9.17, 15) is 4.79 Å². The van der Waals surface area contributed by atoms with Crippen molar-refractivity contribution in [3.63, 3.8) is 0 Å². The number of nitrogen functional groups attached to an aromatic ring is 1. The van der Waals surface area contributed by atoms with Gasteiger partial charge < -0.3 is 10.6 Å². The van der Waals surface area contributed by atoms with Crippen LogP contribution >= 0.6 is 11.8 Å². The second-order valence-electron chi connectivity index (χ2n) is 3.53. The maximum atomic E-state index is 11.8. The van der Waals surface area contributed by atoms with Crippen LogP contribution in [0.2, 0.25) is 0 Å². The fourth-order valence-corrected chi connectivity index (χ4v) is 2.29. The zero-order valence-electron chi connectivity index (χ0n) is 10.4. The third-order valence-electron chi connectivity index (χ3n) is 2.29. The van der Waals surface area contributed by atoms with Crippen LogP contribution in [0.5, 0.6) is 0 Å². The van der Waals surface area contributed by atoms with Gasteiger partial charge >= 0.3 is 0 Å². The van der Waals surface area contributed by atoms with Crippen molar-refractivity contribution in [1.29, 1.82) is 0 Å². The fraction of sp³-hybridized carbons (Fsp3) is 0.545. The topological polar surface area (TPSA) is 72.1 Å². The molecule has 6 heteroatoms. The maximum absolute atomic E-state index is 11.8. The minimum absolute atomic E-state index is 0.120. The highest BCUT2D eigenvalue weighted by molar-refractivity contribution is 7.99. The highest BCUT2D eigenvalue weighted by Gasteiger charge is 2.10. The molecule has 17 heavy (non-hydrogen) atoms. The summed E-state index contributed by atoms with van der Waals surface area (Å²) in [6.07, 6.45) is 0. The summed E-state index contributed by atoms with van der Waals surface area (Å²) in [7, 11) is 0. The van der Waals surface area contributed by atoms with Crippen LogP contribution in [0.3, 0.4) is 0 Å². The van der Waals surface area contributed by atoms with Gasteiger partial charge in [0.25, 0.3) is 0 Å². The summed E-state index contributed by atoms with van der Waals surface area (Å²) in [5.41, 5.74) is 5.62. The van der Waals surface area contributed by atoms with Crippen LogP contribution in [0.25, 0.3) is 0 Å². The van der Waals surface area contributed by atoms with Gasteiger partial charge in [-0.3, -0.25) is 4.79 Å². The second kappa shape index (κ2) is 6.44. The summed E-state index contributed by atoms with van der Waals surface area (Å²) in [4.78, 5) is 21.8. The first-order valence-corrected chi connectivity index (χ1v) is 6.57. The summed E-state index contributed by atoms with van der Waals surface area (Å²) in [5, 5.41) is 0.746. The molecule has 0 saturated heterocycles. The predicted molar refractivity (Wildman–Crippen MR) is 69.8 cm³/mol. The first-order chi connectivity index (χ1) is 8.06. The first-order valence-electron chi connectivity index (χ1n) is 5.58. The van der Waals surface area contributed by atoms with Crippen LogP contribution in [0.15, 0.2) is 11.1 Å². The number of hydrogen-bond acceptors (Lipinski definition) is 5. The van der Waals surface area contributed by atoms with Crippen LogP contribution in [-0.4, -0.2) is 39.6 Å². The van der Waals surface area contributed by atoms with Crippen LogP contribution in [-0.2, 0) is 4.79 Å². The van der Waals surface area contributed by atoms with Crippen molar-refractivity contribution in [3.8, 4) is 0 Å². The van der Waals surface area contributed by atoms with Crippen LogP contribution < -0.4 is 5.73 Å². The van der Waals surface area contributed by atoms with Crippen molar-refractivity contribution < 1.29 is 4.79 Å². The van der Waals surface area contributed by atoms with Crippen LogP contribution in [0.4, 0.5) is 5.82 Å². The van der Waals surface area contributed by atoms with Crippen LogP contribution in [0.1, 0.15) is 19.7 Å². The Bertz CT molecular complexity index is 373. The number of amides is 1. The molecule has 1 aromatic rings. The van der Waals surface area contributed by atoms with Gasteiger partial charge in [-0.05, 0) is 20.8 Å². The number of carbonyl (C=O) groups excluding carboxylic acids is 1. The number of nitrogens with two attached hydrogens (primary N) is 1. The Balaban J connectivity index is 2.58. The largest absolute Gasteiger partial charge is 0.384 e. The normalized spacial score (nSPS) is 10.3. The smallest absolute Gasteiger partial charge is 0.232 e. The Hall–Kier alpha value is -1.30. The standard InChI is InChI=1S/C11H18N4OS/c1-4-15(5-2)11(16)7-17-10-6-9(12)13-8(3)14-10/h6H,4-5,7H2,1-3H3,(H2,12,13,14). The molecule has 0 unspecified atom stereocenters. The number of aryl methyl sites for hydroxylation is 1. The molecular weight excluding hydrogens is 236 g/mol. The highest BCUT2D eigenvalue weighted by Crippen LogP contribution is 2.17. The quantitative estimate of drug-likeness (QED) is 0.634. The zero-order valence-corrected chi connectivity index (χ0v) is 11.3. The molecule has 94 valence electrons. The van der Waals surface area contributed by atoms with E-state index in [2.05, 4.69) is 9.97 Å². The van der Waals surface area contributed by atoms with E-state index in [1.54, 1.807) is 17.9 Å². The van der Waals surface area contributed by atoms with Crippen molar-refractivity contribution in [2.24, 2.45) is 0 Å². The Morgan fingerprint density at radius 3 is 2.59 bits per heavy atom. The maximum Gasteiger partial charge on any atom is 0.232 e. The lowest BCUT2D eigenvalue weighted by Gasteiger charge is -2.17. The molecule has 0 spiro atoms. The Kier molecular flexibility index (Phi) is 5.21. The summed E-state index contributed by atoms with van der Waals surface area (Å²) in [6.45, 7) is 7.20. The van der Waals surface area contributed by atoms with Gasteiger partial charge in [-0.25, -0.2) is 9.97 Å². The fourth-order valence-electron chi connectivity index (χ4n) is 1.44. The van der Waals surface area contributed by atoms with E-state index in [0.717, 1.165) is 18.1 Å². The van der Waals surface area contributed by atoms with E-state index in [4.69, 9.17) is 5.73 Å². The van der Waals surface area contributed by atoms with Gasteiger partial charge in [0, 0.05) is 19.2 Å². The van der Waals surface area contributed by atoms with Gasteiger partial charge in [-0.2, -0.15) is 0 Å². The molecule has 0 aliphatic rings. The predicted octanol–water partition coefficient (Wildman–Crippen LogP) is 1.33. The monoisotopic (exact) mass is 254 g/mol. The molecule has 0 aromatic carbocycles. The molecule has 0 bridgehead atoms. The number of hydrogen-bond donors (Lipinski definition) is 1. The molecule has 2 N–H and O–H groups in total. The Morgan fingerprint density at radius 2 is 2.06 bits per heavy atom. The molecule has 0 fully saturated rings. The van der Waals surface area contributed by atoms with E-state index in [0.29, 0.717) is 17.4 Å². The van der Waals surface area contributed by atoms with Crippen molar-refractivity contribution >= 4 is 23.5 Å². The molecule has 1 heterocycles. The van der Waals surface area contributed by atoms with Gasteiger partial charge in [0.15, 0.2) is 0 Å². The SMILES string of the molecule is CCN(CC)C(=O)CSc1cc(N)nc(C)n1. The van der Waals surface area contributed by atoms with Crippen molar-refractivity contribution in [2.75, 3.05) is 24.6 Å². The molecule has 1 aromatic heterocycles. The molecule has 0 aliphatic heterocycles. The van der Waals surface area contributed by atoms with Crippen LogP contribution in [0, 0.1) is 6.92 Å². The lowest BCUT2D eigenvalue weighted by Crippen LogP contribution is -2.31. The van der Waals surface area contributed by atoms with Crippen molar-refractivity contribution in [1.82, 2.24) is 14.9 Å². The van der Waals surface area contributed by atoms with Crippen molar-refractivity contribution in [3.05, 3.63) is 11.9 Å². The summed E-state index contributed by atoms with van der Waals surface area (Å²) in [6, 6.07) is 1.69. The highest BCUT2D eigenvalue weighted by atomic mass is 32.2. The van der Waals surface area contributed by atoms with Gasteiger partial charge in [-0.1, -0.05) is 11.8 Å². The van der Waals surface area contributed by atoms with E-state index in [-0.39, 0.29) is 5.91 Å². The number of nitrogens with zero attached hydrogens (tertiary/aromatic N) is 3. The molecule has 0 aliphatic carbocycles. The number of aromatic nitrogens is 2. The van der Waals surface area contributed by atoms with E-state index < -0.39 is 0 Å². The molecule has 5 nitrogen and oxygen atoms in total. The number of rotatable bonds is 5. The third kappa shape index (κ3) is 4.22. The van der Waals surface area contributed by atoms with Gasteiger partial charge in [-0.15, -0.1) is 0 Å². The van der Waals surface area contributed by atoms with E-state index in [1.165, 1.54) is 11.8 Å². The minimum Gasteiger partial charge on any atom is -0.384 e. The molecule has 0 radical (unpaired) electrons. The summed E-state index contributed by atoms with van der Waals surface area (Å²) < 4.78 is 0. The molecule has 1 rings (SSSR count). The molecule has 0 saturated carbocycles. The second-order valence-corrected chi connectivity index (χ2v) is 4.53. The Labute approximate surface area is 106 Å². The average molecular weight is 254 g/mol. The number of thioether (sulfide) groups is 1. The Morgan fingerprint density at radius 1 is 1.41 bits per heavy atom. The number of carbonyl (C=O) groups is 1. The minimum atomic E-state index is 0.120. The number of anilines is 1. The summed E-state index contributed by atoms with van der Waals surface area (Å²) >= 11 is 1.39. The third-order valence-corrected chi connectivity index (χ3v) is 3.19. The van der Waals surface area contributed by atoms with E-state index in [1.807, 2.05) is 13.8 Å². The molecule has 0 atom stereocenters. The van der Waals surface area contributed by atoms with Gasteiger partial charge in [0.1, 0.15) is 16.7 Å². The molecular formula is C11H18N4OS. The average Bonchev–Trinajstić information content (AvgIpc) is 2.27. The van der Waals surface area contributed by atoms with E-state index >= 15 is 0 Å². The zero-order chi connectivity index (χ0) is 12.8. The first kappa shape index (κ1) is 13.8. The van der Waals surface area contributed by atoms with Gasteiger partial charge in [0.05, 0.1) is 5.75 Å². The van der Waals surface area contributed by atoms with Gasteiger partial charge in [0.2, 0.25) is 5.91 Å². The summed E-state index contributed by atoms with van der Waals surface area (Å²) in [5.74, 6) is 1.57. The van der Waals surface area contributed by atoms with Crippen molar-refractivity contribution in [2.45, 2.75) is 25.8 Å². The lowest BCUT2D eigenvalue weighted by molar-refractivity contribution is -0.127. The molecule has 1 amide bonds.